The number of hydrogen-bond acceptors (Lipinski definition) is 5. The lowest BCUT2D eigenvalue weighted by molar-refractivity contribution is 0.0996. The third-order valence-corrected chi connectivity index (χ3v) is 4.69. The summed E-state index contributed by atoms with van der Waals surface area (Å²) in [6, 6.07) is 11.1. The molecule has 0 bridgehead atoms. The van der Waals surface area contributed by atoms with Crippen LogP contribution in [-0.4, -0.2) is 30.2 Å². The average Bonchev–Trinajstić information content (AvgIpc) is 3.11. The lowest BCUT2D eigenvalue weighted by Crippen LogP contribution is -2.25. The van der Waals surface area contributed by atoms with Crippen molar-refractivity contribution in [2.45, 2.75) is 0 Å². The summed E-state index contributed by atoms with van der Waals surface area (Å²) in [5, 5.41) is 9.74. The number of carbonyl (C=O) groups excluding carboxylic acids is 1. The maximum Gasteiger partial charge on any atom is 0.269 e. The van der Waals surface area contributed by atoms with Crippen molar-refractivity contribution in [3.63, 3.8) is 0 Å². The molecule has 0 aliphatic rings. The van der Waals surface area contributed by atoms with Crippen molar-refractivity contribution in [1.29, 1.82) is 0 Å². The SMILES string of the molecule is COc1cccc(-c2ncc(C(=O)N(C)c3ccc(O)cc3)s2)c1F. The number of aromatic nitrogens is 1. The second-order valence-corrected chi connectivity index (χ2v) is 6.26. The highest BCUT2D eigenvalue weighted by molar-refractivity contribution is 7.17. The van der Waals surface area contributed by atoms with Crippen LogP contribution in [0.4, 0.5) is 10.1 Å². The highest BCUT2D eigenvalue weighted by atomic mass is 32.1. The minimum atomic E-state index is -0.509. The molecule has 7 heteroatoms. The third-order valence-electron chi connectivity index (χ3n) is 3.67. The first kappa shape index (κ1) is 16.9. The predicted molar refractivity (Wildman–Crippen MR) is 94.9 cm³/mol. The Morgan fingerprint density at radius 2 is 1.96 bits per heavy atom. The van der Waals surface area contributed by atoms with Crippen LogP contribution in [0.3, 0.4) is 0 Å². The average molecular weight is 358 g/mol. The van der Waals surface area contributed by atoms with Gasteiger partial charge in [0.2, 0.25) is 0 Å². The normalized spacial score (nSPS) is 10.5. The van der Waals surface area contributed by atoms with E-state index in [1.165, 1.54) is 36.4 Å². The molecule has 1 N–H and O–H groups in total. The van der Waals surface area contributed by atoms with Crippen molar-refractivity contribution in [3.05, 3.63) is 59.4 Å². The van der Waals surface area contributed by atoms with Gasteiger partial charge in [-0.1, -0.05) is 6.07 Å². The first-order chi connectivity index (χ1) is 12.0. The van der Waals surface area contributed by atoms with Crippen molar-refractivity contribution < 1.29 is 19.0 Å². The van der Waals surface area contributed by atoms with Gasteiger partial charge in [0.1, 0.15) is 15.6 Å². The van der Waals surface area contributed by atoms with Crippen molar-refractivity contribution in [3.8, 4) is 22.1 Å². The zero-order valence-corrected chi connectivity index (χ0v) is 14.4. The highest BCUT2D eigenvalue weighted by Crippen LogP contribution is 2.32. The van der Waals surface area contributed by atoms with E-state index >= 15 is 0 Å². The quantitative estimate of drug-likeness (QED) is 0.767. The summed E-state index contributed by atoms with van der Waals surface area (Å²) in [5.41, 5.74) is 0.918. The van der Waals surface area contributed by atoms with Gasteiger partial charge in [-0.05, 0) is 36.4 Å². The molecule has 1 amide bonds. The van der Waals surface area contributed by atoms with Gasteiger partial charge in [0, 0.05) is 12.7 Å². The number of hydrogen-bond donors (Lipinski definition) is 1. The van der Waals surface area contributed by atoms with Crippen molar-refractivity contribution >= 4 is 22.9 Å². The summed E-state index contributed by atoms with van der Waals surface area (Å²) in [5.74, 6) is -0.525. The second-order valence-electron chi connectivity index (χ2n) is 5.23. The number of carbonyl (C=O) groups is 1. The molecule has 0 saturated carbocycles. The van der Waals surface area contributed by atoms with Gasteiger partial charge in [0.25, 0.3) is 5.91 Å². The standard InChI is InChI=1S/C18H15FN2O3S/c1-21(11-6-8-12(22)9-7-11)18(23)15-10-20-17(25-15)13-4-3-5-14(24-2)16(13)19/h3-10,22H,1-2H3. The van der Waals surface area contributed by atoms with E-state index in [9.17, 15) is 14.3 Å². The van der Waals surface area contributed by atoms with E-state index in [0.29, 0.717) is 15.6 Å². The summed E-state index contributed by atoms with van der Waals surface area (Å²) < 4.78 is 19.3. The minimum Gasteiger partial charge on any atom is -0.508 e. The Bertz CT molecular complexity index is 909. The topological polar surface area (TPSA) is 62.7 Å². The molecule has 0 aliphatic heterocycles. The molecule has 1 aromatic heterocycles. The summed E-state index contributed by atoms with van der Waals surface area (Å²) >= 11 is 1.11. The predicted octanol–water partition coefficient (Wildman–Crippen LogP) is 3.94. The van der Waals surface area contributed by atoms with Crippen LogP contribution in [-0.2, 0) is 0 Å². The third kappa shape index (κ3) is 3.32. The van der Waals surface area contributed by atoms with Gasteiger partial charge in [-0.15, -0.1) is 11.3 Å². The molecule has 0 saturated heterocycles. The molecule has 3 rings (SSSR count). The molecule has 0 atom stereocenters. The van der Waals surface area contributed by atoms with E-state index in [1.807, 2.05) is 0 Å². The Morgan fingerprint density at radius 1 is 1.24 bits per heavy atom. The molecular formula is C18H15FN2O3S. The number of phenolic OH excluding ortho intramolecular Hbond substituents is 1. The molecular weight excluding hydrogens is 343 g/mol. The molecule has 3 aromatic rings. The van der Waals surface area contributed by atoms with Crippen LogP contribution in [0.5, 0.6) is 11.5 Å². The molecule has 25 heavy (non-hydrogen) atoms. The first-order valence-corrected chi connectivity index (χ1v) is 8.18. The summed E-state index contributed by atoms with van der Waals surface area (Å²) in [6.07, 6.45) is 1.43. The number of nitrogens with zero attached hydrogens (tertiary/aromatic N) is 2. The van der Waals surface area contributed by atoms with E-state index in [1.54, 1.807) is 31.3 Å². The molecule has 2 aromatic carbocycles. The second kappa shape index (κ2) is 6.90. The lowest BCUT2D eigenvalue weighted by Gasteiger charge is -2.16. The van der Waals surface area contributed by atoms with Crippen LogP contribution in [0.15, 0.2) is 48.7 Å². The van der Waals surface area contributed by atoms with E-state index in [-0.39, 0.29) is 23.0 Å². The van der Waals surface area contributed by atoms with Crippen molar-refractivity contribution in [2.75, 3.05) is 19.1 Å². The maximum atomic E-state index is 14.4. The zero-order valence-electron chi connectivity index (χ0n) is 13.6. The van der Waals surface area contributed by atoms with Crippen LogP contribution in [0.2, 0.25) is 0 Å². The van der Waals surface area contributed by atoms with Crippen LogP contribution in [0.25, 0.3) is 10.6 Å². The molecule has 128 valence electrons. The van der Waals surface area contributed by atoms with Crippen LogP contribution in [0, 0.1) is 5.82 Å². The number of rotatable bonds is 4. The van der Waals surface area contributed by atoms with Gasteiger partial charge in [0.05, 0.1) is 18.9 Å². The fourth-order valence-corrected chi connectivity index (χ4v) is 3.20. The summed E-state index contributed by atoms with van der Waals surface area (Å²) in [4.78, 5) is 18.6. The number of amides is 1. The molecule has 5 nitrogen and oxygen atoms in total. The molecule has 0 unspecified atom stereocenters. The monoisotopic (exact) mass is 358 g/mol. The number of thiazole rings is 1. The largest absolute Gasteiger partial charge is 0.508 e. The molecule has 1 heterocycles. The number of phenols is 1. The van der Waals surface area contributed by atoms with E-state index in [4.69, 9.17) is 4.74 Å². The van der Waals surface area contributed by atoms with Gasteiger partial charge in [-0.25, -0.2) is 9.37 Å². The zero-order chi connectivity index (χ0) is 18.0. The number of halogens is 1. The van der Waals surface area contributed by atoms with Crippen molar-refractivity contribution in [2.24, 2.45) is 0 Å². The number of aromatic hydroxyl groups is 1. The Hall–Kier alpha value is -2.93. The highest BCUT2D eigenvalue weighted by Gasteiger charge is 2.19. The molecule has 0 fully saturated rings. The van der Waals surface area contributed by atoms with E-state index in [0.717, 1.165) is 11.3 Å². The number of ether oxygens (including phenoxy) is 1. The van der Waals surface area contributed by atoms with Crippen LogP contribution in [0.1, 0.15) is 9.67 Å². The smallest absolute Gasteiger partial charge is 0.269 e. The van der Waals surface area contributed by atoms with Gasteiger partial charge in [0.15, 0.2) is 11.6 Å². The minimum absolute atomic E-state index is 0.123. The fourth-order valence-electron chi connectivity index (χ4n) is 2.29. The van der Waals surface area contributed by atoms with Crippen molar-refractivity contribution in [1.82, 2.24) is 4.98 Å². The van der Waals surface area contributed by atoms with E-state index in [2.05, 4.69) is 4.98 Å². The Balaban J connectivity index is 1.88. The molecule has 0 spiro atoms. The Labute approximate surface area is 147 Å². The lowest BCUT2D eigenvalue weighted by atomic mass is 10.2. The van der Waals surface area contributed by atoms with Crippen LogP contribution < -0.4 is 9.64 Å². The first-order valence-electron chi connectivity index (χ1n) is 7.37. The fraction of sp³-hybridized carbons (Fsp3) is 0.111. The molecule has 0 aliphatic carbocycles. The summed E-state index contributed by atoms with van der Waals surface area (Å²) in [7, 11) is 3.02. The van der Waals surface area contributed by atoms with Gasteiger partial charge >= 0.3 is 0 Å². The molecule has 0 radical (unpaired) electrons. The maximum absolute atomic E-state index is 14.4. The number of methoxy groups -OCH3 is 1. The number of anilines is 1. The van der Waals surface area contributed by atoms with Gasteiger partial charge in [-0.3, -0.25) is 4.79 Å². The summed E-state index contributed by atoms with van der Waals surface area (Å²) in [6.45, 7) is 0. The Kier molecular flexibility index (Phi) is 4.67. The van der Waals surface area contributed by atoms with E-state index < -0.39 is 5.82 Å². The Morgan fingerprint density at radius 3 is 2.64 bits per heavy atom. The van der Waals surface area contributed by atoms with Gasteiger partial charge in [-0.2, -0.15) is 0 Å². The van der Waals surface area contributed by atoms with Gasteiger partial charge < -0.3 is 14.7 Å². The number of benzene rings is 2. The van der Waals surface area contributed by atoms with Crippen LogP contribution >= 0.6 is 11.3 Å².